The van der Waals surface area contributed by atoms with Gasteiger partial charge in [-0.05, 0) is 24.5 Å². The average molecular weight is 389 g/mol. The lowest BCUT2D eigenvalue weighted by Crippen LogP contribution is -2.52. The van der Waals surface area contributed by atoms with Crippen LogP contribution in [0.1, 0.15) is 18.4 Å². The Morgan fingerprint density at radius 2 is 1.86 bits per heavy atom. The number of carboxylic acids is 1. The lowest BCUT2D eigenvalue weighted by atomic mass is 10.0. The number of hydrogen-bond acceptors (Lipinski definition) is 5. The number of H-pyrrole nitrogens is 1. The smallest absolute Gasteiger partial charge is 0.322 e. The van der Waals surface area contributed by atoms with E-state index in [4.69, 9.17) is 16.6 Å². The Hall–Kier alpha value is -3.40. The average Bonchev–Trinajstić information content (AvgIpc) is 3.05. The first-order valence-corrected chi connectivity index (χ1v) is 8.66. The minimum atomic E-state index is -1.23. The molecule has 28 heavy (non-hydrogen) atoms. The number of aromatic nitrogens is 1. The van der Waals surface area contributed by atoms with E-state index in [0.29, 0.717) is 0 Å². The van der Waals surface area contributed by atoms with Gasteiger partial charge in [-0.2, -0.15) is 0 Å². The van der Waals surface area contributed by atoms with Crippen molar-refractivity contribution in [3.63, 3.8) is 0 Å². The fraction of sp³-hybridized carbons (Fsp3) is 0.333. The number of hydrogen-bond donors (Lipinski definition) is 6. The van der Waals surface area contributed by atoms with Gasteiger partial charge in [0.2, 0.25) is 17.7 Å². The van der Waals surface area contributed by atoms with Crippen LogP contribution in [-0.4, -0.2) is 52.4 Å². The number of carboxylic acid groups (broad SMARTS) is 1. The van der Waals surface area contributed by atoms with Crippen molar-refractivity contribution >= 4 is 34.6 Å². The van der Waals surface area contributed by atoms with Gasteiger partial charge in [-0.1, -0.05) is 18.2 Å². The van der Waals surface area contributed by atoms with Crippen LogP contribution in [0.4, 0.5) is 0 Å². The molecule has 0 saturated carbocycles. The molecular weight excluding hydrogens is 366 g/mol. The Balaban J connectivity index is 2.02. The number of benzene rings is 1. The minimum absolute atomic E-state index is 0.0632. The molecule has 0 unspecified atom stereocenters. The highest BCUT2D eigenvalue weighted by atomic mass is 16.4. The van der Waals surface area contributed by atoms with Crippen LogP contribution in [0.3, 0.4) is 0 Å². The normalized spacial score (nSPS) is 12.9. The number of fused-ring (bicyclic) bond motifs is 1. The van der Waals surface area contributed by atoms with Crippen LogP contribution in [0.25, 0.3) is 10.9 Å². The summed E-state index contributed by atoms with van der Waals surface area (Å²) in [6.45, 7) is -0.608. The largest absolute Gasteiger partial charge is 0.480 e. The number of aromatic amines is 1. The number of amides is 3. The zero-order valence-corrected chi connectivity index (χ0v) is 15.1. The van der Waals surface area contributed by atoms with Gasteiger partial charge in [-0.25, -0.2) is 0 Å². The highest BCUT2D eigenvalue weighted by molar-refractivity contribution is 5.92. The molecule has 0 bridgehead atoms. The predicted molar refractivity (Wildman–Crippen MR) is 101 cm³/mol. The van der Waals surface area contributed by atoms with Gasteiger partial charge < -0.3 is 32.2 Å². The summed E-state index contributed by atoms with van der Waals surface area (Å²) in [5.41, 5.74) is 12.8. The van der Waals surface area contributed by atoms with Gasteiger partial charge in [0.25, 0.3) is 0 Å². The van der Waals surface area contributed by atoms with Gasteiger partial charge in [0.15, 0.2) is 0 Å². The SMILES string of the molecule is NC(=O)CC[C@H](NC(=O)[C@@H](N)Cc1c[nH]c2ccccc12)C(=O)NCC(=O)O. The summed E-state index contributed by atoms with van der Waals surface area (Å²) in [6, 6.07) is 5.50. The fourth-order valence-electron chi connectivity index (χ4n) is 2.75. The quantitative estimate of drug-likeness (QED) is 0.303. The topological polar surface area (TPSA) is 180 Å². The number of nitrogens with two attached hydrogens (primary N) is 2. The van der Waals surface area contributed by atoms with Crippen molar-refractivity contribution in [2.75, 3.05) is 6.54 Å². The summed E-state index contributed by atoms with van der Waals surface area (Å²) >= 11 is 0. The van der Waals surface area contributed by atoms with E-state index in [0.717, 1.165) is 16.5 Å². The molecule has 150 valence electrons. The maximum absolute atomic E-state index is 12.4. The van der Waals surface area contributed by atoms with E-state index < -0.39 is 42.3 Å². The molecule has 0 aliphatic rings. The van der Waals surface area contributed by atoms with Crippen LogP contribution in [0.2, 0.25) is 0 Å². The van der Waals surface area contributed by atoms with Crippen molar-refractivity contribution in [3.05, 3.63) is 36.0 Å². The number of aliphatic carboxylic acids is 1. The number of carbonyl (C=O) groups is 4. The van der Waals surface area contributed by atoms with Crippen molar-refractivity contribution in [3.8, 4) is 0 Å². The Labute approximate surface area is 160 Å². The minimum Gasteiger partial charge on any atom is -0.480 e. The van der Waals surface area contributed by atoms with Gasteiger partial charge in [-0.15, -0.1) is 0 Å². The number of para-hydroxylation sites is 1. The molecule has 1 aromatic heterocycles. The van der Waals surface area contributed by atoms with Gasteiger partial charge in [0.1, 0.15) is 12.6 Å². The van der Waals surface area contributed by atoms with Gasteiger partial charge in [0, 0.05) is 23.5 Å². The third kappa shape index (κ3) is 5.81. The first-order chi connectivity index (χ1) is 13.3. The second-order valence-electron chi connectivity index (χ2n) is 6.35. The van der Waals surface area contributed by atoms with Crippen molar-refractivity contribution < 1.29 is 24.3 Å². The maximum Gasteiger partial charge on any atom is 0.322 e. The molecule has 8 N–H and O–H groups in total. The van der Waals surface area contributed by atoms with Crippen LogP contribution in [-0.2, 0) is 25.6 Å². The Morgan fingerprint density at radius 3 is 2.54 bits per heavy atom. The fourth-order valence-corrected chi connectivity index (χ4v) is 2.75. The van der Waals surface area contributed by atoms with E-state index in [9.17, 15) is 19.2 Å². The van der Waals surface area contributed by atoms with E-state index in [2.05, 4.69) is 15.6 Å². The van der Waals surface area contributed by atoms with Crippen molar-refractivity contribution in [2.45, 2.75) is 31.3 Å². The number of carbonyl (C=O) groups excluding carboxylic acids is 3. The molecule has 0 spiro atoms. The van der Waals surface area contributed by atoms with Crippen LogP contribution in [0.5, 0.6) is 0 Å². The van der Waals surface area contributed by atoms with E-state index >= 15 is 0 Å². The third-order valence-corrected chi connectivity index (χ3v) is 4.18. The number of primary amides is 1. The molecule has 1 heterocycles. The molecule has 0 fully saturated rings. The maximum atomic E-state index is 12.4. The second kappa shape index (κ2) is 9.51. The summed E-state index contributed by atoms with van der Waals surface area (Å²) in [6.07, 6.45) is 1.78. The van der Waals surface area contributed by atoms with Gasteiger partial charge in [-0.3, -0.25) is 19.2 Å². The lowest BCUT2D eigenvalue weighted by Gasteiger charge is -2.20. The summed E-state index contributed by atoms with van der Waals surface area (Å²) in [7, 11) is 0. The van der Waals surface area contributed by atoms with E-state index in [1.807, 2.05) is 24.3 Å². The zero-order valence-electron chi connectivity index (χ0n) is 15.1. The summed E-state index contributed by atoms with van der Waals surface area (Å²) in [4.78, 5) is 49.3. The molecule has 0 saturated heterocycles. The molecule has 10 nitrogen and oxygen atoms in total. The highest BCUT2D eigenvalue weighted by Gasteiger charge is 2.25. The summed E-state index contributed by atoms with van der Waals surface area (Å²) < 4.78 is 0. The lowest BCUT2D eigenvalue weighted by molar-refractivity contribution is -0.138. The van der Waals surface area contributed by atoms with E-state index in [-0.39, 0.29) is 19.3 Å². The van der Waals surface area contributed by atoms with E-state index in [1.165, 1.54) is 0 Å². The molecule has 2 aromatic rings. The molecule has 2 atom stereocenters. The monoisotopic (exact) mass is 389 g/mol. The Bertz CT molecular complexity index is 878. The van der Waals surface area contributed by atoms with Gasteiger partial charge in [0.05, 0.1) is 6.04 Å². The highest BCUT2D eigenvalue weighted by Crippen LogP contribution is 2.18. The summed E-state index contributed by atoms with van der Waals surface area (Å²) in [5.74, 6) is -3.20. The standard InChI is InChI=1S/C18H23N5O5/c19-12(7-10-8-21-13-4-2-1-3-11(10)13)17(27)23-14(5-6-15(20)24)18(28)22-9-16(25)26/h1-4,8,12,14,21H,5-7,9,19H2,(H2,20,24)(H,22,28)(H,23,27)(H,25,26)/t12-,14-/m0/s1. The second-order valence-corrected chi connectivity index (χ2v) is 6.35. The van der Waals surface area contributed by atoms with Crippen molar-refractivity contribution in [1.29, 1.82) is 0 Å². The van der Waals surface area contributed by atoms with E-state index in [1.54, 1.807) is 6.20 Å². The van der Waals surface area contributed by atoms with Gasteiger partial charge >= 0.3 is 5.97 Å². The zero-order chi connectivity index (χ0) is 20.7. The molecular formula is C18H23N5O5. The number of rotatable bonds is 10. The number of nitrogens with one attached hydrogen (secondary N) is 3. The van der Waals surface area contributed by atoms with Crippen LogP contribution >= 0.6 is 0 Å². The molecule has 0 aliphatic carbocycles. The van der Waals surface area contributed by atoms with Crippen LogP contribution in [0.15, 0.2) is 30.5 Å². The first kappa shape index (κ1) is 20.9. The molecule has 3 amide bonds. The van der Waals surface area contributed by atoms with Crippen LogP contribution < -0.4 is 22.1 Å². The summed E-state index contributed by atoms with van der Waals surface area (Å²) in [5, 5.41) is 14.2. The molecule has 0 radical (unpaired) electrons. The third-order valence-electron chi connectivity index (χ3n) is 4.18. The molecule has 2 rings (SSSR count). The predicted octanol–water partition coefficient (Wildman–Crippen LogP) is -1.01. The Morgan fingerprint density at radius 1 is 1.14 bits per heavy atom. The molecule has 10 heteroatoms. The van der Waals surface area contributed by atoms with Crippen molar-refractivity contribution in [1.82, 2.24) is 15.6 Å². The van der Waals surface area contributed by atoms with Crippen molar-refractivity contribution in [2.24, 2.45) is 11.5 Å². The molecule has 0 aliphatic heterocycles. The Kier molecular flexibility index (Phi) is 7.10. The molecule has 1 aromatic carbocycles. The van der Waals surface area contributed by atoms with Crippen LogP contribution in [0, 0.1) is 0 Å². The first-order valence-electron chi connectivity index (χ1n) is 8.66.